The van der Waals surface area contributed by atoms with Gasteiger partial charge in [-0.1, -0.05) is 11.3 Å². The van der Waals surface area contributed by atoms with Crippen LogP contribution in [0.25, 0.3) is 5.69 Å². The highest BCUT2D eigenvalue weighted by molar-refractivity contribution is 9.10. The standard InChI is InChI=1S/C7H4BrN3O2S/c8-5-3-9-10(4-5)6-1-2-14-7(6)11(12)13/h1-4H. The van der Waals surface area contributed by atoms with E-state index in [2.05, 4.69) is 21.0 Å². The second-order valence-corrected chi connectivity index (χ2v) is 4.28. The summed E-state index contributed by atoms with van der Waals surface area (Å²) in [6.07, 6.45) is 3.26. The first-order chi connectivity index (χ1) is 6.68. The van der Waals surface area contributed by atoms with E-state index in [1.54, 1.807) is 23.8 Å². The Morgan fingerprint density at radius 1 is 1.64 bits per heavy atom. The topological polar surface area (TPSA) is 61.0 Å². The van der Waals surface area contributed by atoms with E-state index < -0.39 is 4.92 Å². The van der Waals surface area contributed by atoms with Crippen molar-refractivity contribution in [2.24, 2.45) is 0 Å². The van der Waals surface area contributed by atoms with E-state index >= 15 is 0 Å². The lowest BCUT2D eigenvalue weighted by Gasteiger charge is -1.95. The van der Waals surface area contributed by atoms with Crippen molar-refractivity contribution in [2.45, 2.75) is 0 Å². The highest BCUT2D eigenvalue weighted by atomic mass is 79.9. The van der Waals surface area contributed by atoms with Gasteiger partial charge in [0.25, 0.3) is 0 Å². The van der Waals surface area contributed by atoms with Gasteiger partial charge in [0, 0.05) is 6.20 Å². The Morgan fingerprint density at radius 3 is 3.00 bits per heavy atom. The number of thiophene rings is 1. The molecule has 2 rings (SSSR count). The lowest BCUT2D eigenvalue weighted by molar-refractivity contribution is -0.380. The predicted octanol–water partition coefficient (Wildman–Crippen LogP) is 2.60. The van der Waals surface area contributed by atoms with E-state index in [1.165, 1.54) is 4.68 Å². The van der Waals surface area contributed by atoms with Crippen LogP contribution in [0.3, 0.4) is 0 Å². The van der Waals surface area contributed by atoms with Crippen LogP contribution in [0, 0.1) is 10.1 Å². The highest BCUT2D eigenvalue weighted by Crippen LogP contribution is 2.29. The summed E-state index contributed by atoms with van der Waals surface area (Å²) in [6, 6.07) is 1.67. The molecule has 14 heavy (non-hydrogen) atoms. The van der Waals surface area contributed by atoms with Crippen molar-refractivity contribution in [2.75, 3.05) is 0 Å². The third-order valence-electron chi connectivity index (χ3n) is 1.59. The normalized spacial score (nSPS) is 10.4. The van der Waals surface area contributed by atoms with Gasteiger partial charge < -0.3 is 0 Å². The molecule has 0 saturated carbocycles. The van der Waals surface area contributed by atoms with Crippen LogP contribution in [0.5, 0.6) is 0 Å². The molecule has 5 nitrogen and oxygen atoms in total. The van der Waals surface area contributed by atoms with Crippen molar-refractivity contribution in [1.29, 1.82) is 0 Å². The number of hydrogen-bond acceptors (Lipinski definition) is 4. The lowest BCUT2D eigenvalue weighted by Crippen LogP contribution is -1.96. The van der Waals surface area contributed by atoms with Crippen molar-refractivity contribution in [3.05, 3.63) is 38.4 Å². The fourth-order valence-electron chi connectivity index (χ4n) is 1.04. The molecule has 0 fully saturated rings. The molecule has 0 aliphatic heterocycles. The second-order valence-electron chi connectivity index (χ2n) is 2.47. The van der Waals surface area contributed by atoms with E-state index in [4.69, 9.17) is 0 Å². The van der Waals surface area contributed by atoms with E-state index in [0.29, 0.717) is 5.69 Å². The second kappa shape index (κ2) is 3.50. The lowest BCUT2D eigenvalue weighted by atomic mass is 10.5. The number of hydrogen-bond donors (Lipinski definition) is 0. The van der Waals surface area contributed by atoms with Gasteiger partial charge in [-0.15, -0.1) is 0 Å². The van der Waals surface area contributed by atoms with Gasteiger partial charge in [-0.2, -0.15) is 5.10 Å². The van der Waals surface area contributed by atoms with Gasteiger partial charge in [-0.05, 0) is 27.4 Å². The fourth-order valence-corrected chi connectivity index (χ4v) is 2.02. The molecule has 0 amide bonds. The summed E-state index contributed by atoms with van der Waals surface area (Å²) in [6.45, 7) is 0. The maximum atomic E-state index is 10.6. The average Bonchev–Trinajstić information content (AvgIpc) is 2.70. The first-order valence-electron chi connectivity index (χ1n) is 3.61. The van der Waals surface area contributed by atoms with Gasteiger partial charge in [0.05, 0.1) is 15.6 Å². The molecule has 0 spiro atoms. The zero-order chi connectivity index (χ0) is 10.1. The zero-order valence-electron chi connectivity index (χ0n) is 6.75. The van der Waals surface area contributed by atoms with Gasteiger partial charge in [0.2, 0.25) is 0 Å². The van der Waals surface area contributed by atoms with Crippen molar-refractivity contribution in [3.63, 3.8) is 0 Å². The number of halogens is 1. The molecule has 0 radical (unpaired) electrons. The SMILES string of the molecule is O=[N+]([O-])c1sccc1-n1cc(Br)cn1. The Hall–Kier alpha value is -1.21. The third kappa shape index (κ3) is 1.55. The quantitative estimate of drug-likeness (QED) is 0.624. The van der Waals surface area contributed by atoms with Crippen molar-refractivity contribution < 1.29 is 4.92 Å². The van der Waals surface area contributed by atoms with Crippen LogP contribution in [0.15, 0.2) is 28.3 Å². The average molecular weight is 274 g/mol. The van der Waals surface area contributed by atoms with Gasteiger partial charge >= 0.3 is 5.00 Å². The van der Waals surface area contributed by atoms with E-state index in [-0.39, 0.29) is 5.00 Å². The summed E-state index contributed by atoms with van der Waals surface area (Å²) in [7, 11) is 0. The smallest absolute Gasteiger partial charge is 0.257 e. The van der Waals surface area contributed by atoms with Crippen LogP contribution in [-0.4, -0.2) is 14.7 Å². The summed E-state index contributed by atoms with van der Waals surface area (Å²) >= 11 is 4.32. The van der Waals surface area contributed by atoms with Crippen LogP contribution in [0.4, 0.5) is 5.00 Å². The Bertz CT molecular complexity index is 479. The van der Waals surface area contributed by atoms with Gasteiger partial charge in [0.1, 0.15) is 0 Å². The molecule has 7 heteroatoms. The zero-order valence-corrected chi connectivity index (χ0v) is 9.16. The van der Waals surface area contributed by atoms with E-state index in [0.717, 1.165) is 15.8 Å². The molecule has 0 unspecified atom stereocenters. The molecule has 2 aromatic heterocycles. The molecule has 0 bridgehead atoms. The largest absolute Gasteiger partial charge is 0.349 e. The van der Waals surface area contributed by atoms with E-state index in [9.17, 15) is 10.1 Å². The molecule has 0 aliphatic rings. The Labute approximate surface area is 91.3 Å². The molecule has 0 saturated heterocycles. The summed E-state index contributed by atoms with van der Waals surface area (Å²) in [5.41, 5.74) is 0.491. The van der Waals surface area contributed by atoms with Crippen LogP contribution in [0.2, 0.25) is 0 Å². The van der Waals surface area contributed by atoms with Crippen LogP contribution in [0.1, 0.15) is 0 Å². The van der Waals surface area contributed by atoms with Crippen molar-refractivity contribution >= 4 is 32.3 Å². The molecule has 0 N–H and O–H groups in total. The first kappa shape index (κ1) is 9.35. The molecule has 2 heterocycles. The minimum Gasteiger partial charge on any atom is -0.257 e. The maximum Gasteiger partial charge on any atom is 0.349 e. The number of aromatic nitrogens is 2. The summed E-state index contributed by atoms with van der Waals surface area (Å²) in [5.74, 6) is 0. The van der Waals surface area contributed by atoms with Crippen LogP contribution >= 0.6 is 27.3 Å². The maximum absolute atomic E-state index is 10.6. The van der Waals surface area contributed by atoms with Crippen molar-refractivity contribution in [1.82, 2.24) is 9.78 Å². The number of rotatable bonds is 2. The van der Waals surface area contributed by atoms with Gasteiger partial charge in [-0.25, -0.2) is 4.68 Å². The number of nitrogens with zero attached hydrogens (tertiary/aromatic N) is 3. The fraction of sp³-hybridized carbons (Fsp3) is 0. The van der Waals surface area contributed by atoms with Gasteiger partial charge in [0.15, 0.2) is 5.69 Å². The summed E-state index contributed by atoms with van der Waals surface area (Å²) in [4.78, 5) is 10.2. The van der Waals surface area contributed by atoms with Crippen LogP contribution in [-0.2, 0) is 0 Å². The molecular weight excluding hydrogens is 270 g/mol. The van der Waals surface area contributed by atoms with Crippen LogP contribution < -0.4 is 0 Å². The van der Waals surface area contributed by atoms with E-state index in [1.807, 2.05) is 0 Å². The summed E-state index contributed by atoms with van der Waals surface area (Å²) in [5, 5.41) is 16.4. The molecule has 2 aromatic rings. The minimum atomic E-state index is -0.407. The molecule has 0 aromatic carbocycles. The first-order valence-corrected chi connectivity index (χ1v) is 5.28. The highest BCUT2D eigenvalue weighted by Gasteiger charge is 2.17. The Balaban J connectivity index is 2.51. The minimum absolute atomic E-state index is 0.0978. The number of nitro groups is 1. The Morgan fingerprint density at radius 2 is 2.43 bits per heavy atom. The molecular formula is C7H4BrN3O2S. The summed E-state index contributed by atoms with van der Waals surface area (Å²) < 4.78 is 2.26. The molecule has 0 atom stereocenters. The predicted molar refractivity (Wildman–Crippen MR) is 55.8 cm³/mol. The third-order valence-corrected chi connectivity index (χ3v) is 2.85. The monoisotopic (exact) mass is 273 g/mol. The Kier molecular flexibility index (Phi) is 2.34. The van der Waals surface area contributed by atoms with Gasteiger partial charge in [-0.3, -0.25) is 10.1 Å². The molecule has 72 valence electrons. The molecule has 0 aliphatic carbocycles. The van der Waals surface area contributed by atoms with Crippen molar-refractivity contribution in [3.8, 4) is 5.69 Å².